The van der Waals surface area contributed by atoms with Gasteiger partial charge in [-0.15, -0.1) is 0 Å². The summed E-state index contributed by atoms with van der Waals surface area (Å²) in [4.78, 5) is 8.52. The van der Waals surface area contributed by atoms with Crippen molar-refractivity contribution in [1.82, 2.24) is 14.3 Å². The number of rotatable bonds is 6. The first-order valence-electron chi connectivity index (χ1n) is 10.4. The van der Waals surface area contributed by atoms with E-state index in [2.05, 4.69) is 9.97 Å². The van der Waals surface area contributed by atoms with Crippen molar-refractivity contribution in [1.29, 1.82) is 0 Å². The highest BCUT2D eigenvalue weighted by Gasteiger charge is 2.52. The van der Waals surface area contributed by atoms with Crippen molar-refractivity contribution < 1.29 is 17.9 Å². The van der Waals surface area contributed by atoms with Gasteiger partial charge in [-0.2, -0.15) is 4.31 Å². The molecule has 3 fully saturated rings. The van der Waals surface area contributed by atoms with Crippen LogP contribution in [-0.4, -0.2) is 46.1 Å². The highest BCUT2D eigenvalue weighted by atomic mass is 35.5. The number of para-hydroxylation sites is 1. The highest BCUT2D eigenvalue weighted by Crippen LogP contribution is 2.44. The Bertz CT molecular complexity index is 1050. The highest BCUT2D eigenvalue weighted by molar-refractivity contribution is 7.90. The number of hydrogen-bond acceptors (Lipinski definition) is 6. The van der Waals surface area contributed by atoms with Crippen molar-refractivity contribution in [3.8, 4) is 17.5 Å². The van der Waals surface area contributed by atoms with E-state index in [0.29, 0.717) is 40.9 Å². The summed E-state index contributed by atoms with van der Waals surface area (Å²) in [5.41, 5.74) is 0.692. The lowest BCUT2D eigenvalue weighted by atomic mass is 10.0. The van der Waals surface area contributed by atoms with E-state index in [1.54, 1.807) is 16.4 Å². The predicted molar refractivity (Wildman–Crippen MR) is 113 cm³/mol. The Balaban J connectivity index is 1.31. The van der Waals surface area contributed by atoms with Crippen molar-refractivity contribution in [2.45, 2.75) is 68.9 Å². The minimum absolute atomic E-state index is 0.0281. The number of halogens is 1. The summed E-state index contributed by atoms with van der Waals surface area (Å²) in [6.07, 6.45) is 6.11. The summed E-state index contributed by atoms with van der Waals surface area (Å²) in [5.74, 6) is 1.38. The largest absolute Gasteiger partial charge is 0.474 e. The molecule has 5 rings (SSSR count). The third kappa shape index (κ3) is 3.65. The average molecular weight is 450 g/mol. The third-order valence-electron chi connectivity index (χ3n) is 6.18. The first kappa shape index (κ1) is 20.0. The maximum atomic E-state index is 12.8. The van der Waals surface area contributed by atoms with Gasteiger partial charge in [0, 0.05) is 24.9 Å². The van der Waals surface area contributed by atoms with Gasteiger partial charge in [0.1, 0.15) is 18.2 Å². The van der Waals surface area contributed by atoms with E-state index < -0.39 is 10.0 Å². The third-order valence-corrected chi connectivity index (χ3v) is 8.99. The van der Waals surface area contributed by atoms with Crippen LogP contribution in [-0.2, 0) is 10.0 Å². The van der Waals surface area contributed by atoms with Crippen LogP contribution < -0.4 is 9.47 Å². The molecular formula is C21H24ClN3O4S. The molecule has 3 heterocycles. The van der Waals surface area contributed by atoms with Gasteiger partial charge in [0.15, 0.2) is 0 Å². The van der Waals surface area contributed by atoms with Crippen molar-refractivity contribution >= 4 is 21.6 Å². The molecule has 3 aliphatic rings. The number of benzene rings is 1. The summed E-state index contributed by atoms with van der Waals surface area (Å²) in [7, 11) is -3.15. The lowest BCUT2D eigenvalue weighted by molar-refractivity contribution is 0.0906. The minimum Gasteiger partial charge on any atom is -0.474 e. The monoisotopic (exact) mass is 449 g/mol. The Kier molecular flexibility index (Phi) is 5.11. The van der Waals surface area contributed by atoms with E-state index in [4.69, 9.17) is 21.1 Å². The predicted octanol–water partition coefficient (Wildman–Crippen LogP) is 4.10. The quantitative estimate of drug-likeness (QED) is 0.660. The van der Waals surface area contributed by atoms with Crippen LogP contribution in [0.15, 0.2) is 30.6 Å². The molecule has 0 amide bonds. The first-order valence-corrected chi connectivity index (χ1v) is 12.2. The van der Waals surface area contributed by atoms with Crippen LogP contribution >= 0.6 is 11.6 Å². The van der Waals surface area contributed by atoms with Gasteiger partial charge in [0.2, 0.25) is 21.8 Å². The molecule has 160 valence electrons. The van der Waals surface area contributed by atoms with Gasteiger partial charge < -0.3 is 9.47 Å². The normalized spacial score (nSPS) is 26.5. The molecule has 0 spiro atoms. The molecule has 1 unspecified atom stereocenters. The standard InChI is InChI=1S/C21H24ClN3O4S/c1-13-20(23-12-24-21(13)29-19-5-3-2-4-18(19)22)28-16-10-14-6-7-15(11-16)25(14)30(26,27)17-8-9-17/h2-5,12,14-17H,6-11H2,1H3/t14-,15+,16?. The molecule has 2 aromatic rings. The van der Waals surface area contributed by atoms with Crippen LogP contribution in [0, 0.1) is 6.92 Å². The molecule has 1 aliphatic carbocycles. The summed E-state index contributed by atoms with van der Waals surface area (Å²) in [6, 6.07) is 7.26. The van der Waals surface area contributed by atoms with E-state index in [1.165, 1.54) is 6.33 Å². The fourth-order valence-corrected chi connectivity index (χ4v) is 7.03. The van der Waals surface area contributed by atoms with Gasteiger partial charge in [0.25, 0.3) is 0 Å². The molecule has 2 saturated heterocycles. The van der Waals surface area contributed by atoms with Crippen molar-refractivity contribution in [3.63, 3.8) is 0 Å². The van der Waals surface area contributed by atoms with Crippen LogP contribution in [0.5, 0.6) is 17.5 Å². The molecule has 0 N–H and O–H groups in total. The maximum absolute atomic E-state index is 12.8. The second-order valence-electron chi connectivity index (χ2n) is 8.31. The van der Waals surface area contributed by atoms with Gasteiger partial charge >= 0.3 is 0 Å². The molecule has 1 saturated carbocycles. The first-order chi connectivity index (χ1) is 14.4. The zero-order valence-electron chi connectivity index (χ0n) is 16.7. The van der Waals surface area contributed by atoms with Crippen LogP contribution in [0.1, 0.15) is 44.1 Å². The lowest BCUT2D eigenvalue weighted by Gasteiger charge is -2.37. The second kappa shape index (κ2) is 7.66. The van der Waals surface area contributed by atoms with Gasteiger partial charge in [-0.25, -0.2) is 18.4 Å². The van der Waals surface area contributed by atoms with Crippen molar-refractivity contribution in [3.05, 3.63) is 41.2 Å². The van der Waals surface area contributed by atoms with Gasteiger partial charge in [-0.05, 0) is 44.7 Å². The molecule has 9 heteroatoms. The van der Waals surface area contributed by atoms with Crippen molar-refractivity contribution in [2.24, 2.45) is 0 Å². The number of piperidine rings is 1. The summed E-state index contributed by atoms with van der Waals surface area (Å²) < 4.78 is 39.5. The van der Waals surface area contributed by atoms with E-state index in [1.807, 2.05) is 19.1 Å². The van der Waals surface area contributed by atoms with E-state index in [9.17, 15) is 8.42 Å². The fraction of sp³-hybridized carbons (Fsp3) is 0.524. The lowest BCUT2D eigenvalue weighted by Crippen LogP contribution is -2.50. The maximum Gasteiger partial charge on any atom is 0.229 e. The molecule has 1 aromatic carbocycles. The Hall–Kier alpha value is -1.90. The number of nitrogens with zero attached hydrogens (tertiary/aromatic N) is 3. The van der Waals surface area contributed by atoms with E-state index >= 15 is 0 Å². The summed E-state index contributed by atoms with van der Waals surface area (Å²) in [5, 5.41) is 0.338. The van der Waals surface area contributed by atoms with Gasteiger partial charge in [-0.1, -0.05) is 23.7 Å². The minimum atomic E-state index is -3.15. The average Bonchev–Trinajstić information content (AvgIpc) is 3.53. The Morgan fingerprint density at radius 2 is 1.70 bits per heavy atom. The molecule has 7 nitrogen and oxygen atoms in total. The second-order valence-corrected chi connectivity index (χ2v) is 10.8. The SMILES string of the molecule is Cc1c(Oc2ccccc2Cl)ncnc1OC1C[C@H]2CC[C@@H](C1)N2S(=O)(=O)C1CC1. The topological polar surface area (TPSA) is 81.6 Å². The molecule has 3 atom stereocenters. The van der Waals surface area contributed by atoms with E-state index in [0.717, 1.165) is 25.7 Å². The van der Waals surface area contributed by atoms with Crippen LogP contribution in [0.2, 0.25) is 5.02 Å². The van der Waals surface area contributed by atoms with Crippen LogP contribution in [0.25, 0.3) is 0 Å². The Morgan fingerprint density at radius 3 is 2.37 bits per heavy atom. The molecule has 0 radical (unpaired) electrons. The van der Waals surface area contributed by atoms with E-state index in [-0.39, 0.29) is 23.4 Å². The van der Waals surface area contributed by atoms with Gasteiger partial charge in [0.05, 0.1) is 15.8 Å². The molecule has 30 heavy (non-hydrogen) atoms. The van der Waals surface area contributed by atoms with Crippen LogP contribution in [0.3, 0.4) is 0 Å². The van der Waals surface area contributed by atoms with Crippen LogP contribution in [0.4, 0.5) is 0 Å². The number of fused-ring (bicyclic) bond motifs is 2. The number of sulfonamides is 1. The van der Waals surface area contributed by atoms with Crippen molar-refractivity contribution in [2.75, 3.05) is 0 Å². The Labute approximate surface area is 181 Å². The fourth-order valence-electron chi connectivity index (χ4n) is 4.56. The molecule has 2 bridgehead atoms. The summed E-state index contributed by atoms with van der Waals surface area (Å²) in [6.45, 7) is 1.85. The molecule has 1 aromatic heterocycles. The molecular weight excluding hydrogens is 426 g/mol. The number of aromatic nitrogens is 2. The number of ether oxygens (including phenoxy) is 2. The van der Waals surface area contributed by atoms with Gasteiger partial charge in [-0.3, -0.25) is 0 Å². The molecule has 2 aliphatic heterocycles. The zero-order valence-corrected chi connectivity index (χ0v) is 18.3. The smallest absolute Gasteiger partial charge is 0.229 e. The zero-order chi connectivity index (χ0) is 20.9. The Morgan fingerprint density at radius 1 is 1.03 bits per heavy atom. The number of hydrogen-bond donors (Lipinski definition) is 0. The summed E-state index contributed by atoms with van der Waals surface area (Å²) >= 11 is 6.18.